The quantitative estimate of drug-likeness (QED) is 0.860. The second-order valence-corrected chi connectivity index (χ2v) is 5.97. The van der Waals surface area contributed by atoms with Crippen molar-refractivity contribution in [2.24, 2.45) is 5.41 Å². The zero-order chi connectivity index (χ0) is 13.2. The van der Waals surface area contributed by atoms with Crippen molar-refractivity contribution >= 4 is 5.69 Å². The predicted octanol–water partition coefficient (Wildman–Crippen LogP) is 3.57. The molecule has 1 aliphatic rings. The van der Waals surface area contributed by atoms with Crippen LogP contribution in [0.2, 0.25) is 0 Å². The first kappa shape index (κ1) is 13.3. The Morgan fingerprint density at radius 2 is 2.00 bits per heavy atom. The molecule has 100 valence electrons. The van der Waals surface area contributed by atoms with E-state index >= 15 is 0 Å². The van der Waals surface area contributed by atoms with Crippen LogP contribution in [0, 0.1) is 11.2 Å². The van der Waals surface area contributed by atoms with Crippen LogP contribution in [0.4, 0.5) is 10.1 Å². The van der Waals surface area contributed by atoms with Crippen LogP contribution in [-0.4, -0.2) is 17.3 Å². The van der Waals surface area contributed by atoms with Crippen molar-refractivity contribution in [3.63, 3.8) is 0 Å². The molecule has 1 fully saturated rings. The summed E-state index contributed by atoms with van der Waals surface area (Å²) in [5, 5.41) is 13.2. The monoisotopic (exact) mass is 251 g/mol. The molecule has 3 heteroatoms. The highest BCUT2D eigenvalue weighted by atomic mass is 19.1. The average molecular weight is 251 g/mol. The molecular formula is C15H22FNO. The largest absolute Gasteiger partial charge is 0.394 e. The van der Waals surface area contributed by atoms with E-state index in [9.17, 15) is 9.50 Å². The van der Waals surface area contributed by atoms with Gasteiger partial charge in [0.1, 0.15) is 5.82 Å². The Morgan fingerprint density at radius 1 is 1.28 bits per heavy atom. The Hall–Kier alpha value is -1.09. The minimum absolute atomic E-state index is 0.00627. The molecule has 0 heterocycles. The van der Waals surface area contributed by atoms with Gasteiger partial charge in [-0.05, 0) is 36.5 Å². The molecule has 1 aromatic rings. The van der Waals surface area contributed by atoms with E-state index < -0.39 is 0 Å². The van der Waals surface area contributed by atoms with Crippen LogP contribution in [0.1, 0.15) is 39.5 Å². The zero-order valence-electron chi connectivity index (χ0n) is 11.2. The van der Waals surface area contributed by atoms with E-state index in [2.05, 4.69) is 19.2 Å². The van der Waals surface area contributed by atoms with E-state index in [1.807, 2.05) is 6.07 Å². The van der Waals surface area contributed by atoms with Gasteiger partial charge in [0, 0.05) is 5.69 Å². The van der Waals surface area contributed by atoms with Gasteiger partial charge in [-0.15, -0.1) is 0 Å². The topological polar surface area (TPSA) is 32.3 Å². The molecule has 2 rings (SSSR count). The summed E-state index contributed by atoms with van der Waals surface area (Å²) < 4.78 is 13.2. The molecule has 2 N–H and O–H groups in total. The van der Waals surface area contributed by atoms with E-state index in [-0.39, 0.29) is 23.4 Å². The minimum Gasteiger partial charge on any atom is -0.394 e. The number of hydrogen-bond donors (Lipinski definition) is 2. The Bertz CT molecular complexity index is 419. The van der Waals surface area contributed by atoms with E-state index in [0.717, 1.165) is 24.9 Å². The summed E-state index contributed by atoms with van der Waals surface area (Å²) >= 11 is 0. The van der Waals surface area contributed by atoms with Crippen molar-refractivity contribution < 1.29 is 9.50 Å². The first-order chi connectivity index (χ1) is 8.49. The highest BCUT2D eigenvalue weighted by molar-refractivity contribution is 5.46. The minimum atomic E-state index is -0.348. The number of anilines is 1. The maximum absolute atomic E-state index is 13.2. The van der Waals surface area contributed by atoms with E-state index in [0.29, 0.717) is 0 Å². The predicted molar refractivity (Wildman–Crippen MR) is 72.1 cm³/mol. The fraction of sp³-hybridized carbons (Fsp3) is 0.600. The molecular weight excluding hydrogens is 229 g/mol. The summed E-state index contributed by atoms with van der Waals surface area (Å²) in [5.74, 6) is -0.248. The fourth-order valence-electron chi connectivity index (χ4n) is 2.98. The molecule has 0 aromatic heterocycles. The molecule has 0 amide bonds. The van der Waals surface area contributed by atoms with Gasteiger partial charge in [-0.2, -0.15) is 0 Å². The highest BCUT2D eigenvalue weighted by Gasteiger charge is 2.46. The number of rotatable bonds is 3. The van der Waals surface area contributed by atoms with Crippen molar-refractivity contribution in [1.82, 2.24) is 0 Å². The number of nitrogens with one attached hydrogen (secondary N) is 1. The lowest BCUT2D eigenvalue weighted by atomic mass is 9.63. The van der Waals surface area contributed by atoms with Gasteiger partial charge >= 0.3 is 0 Å². The van der Waals surface area contributed by atoms with E-state index in [4.69, 9.17) is 0 Å². The fourth-order valence-corrected chi connectivity index (χ4v) is 2.98. The standard InChI is InChI=1S/C15H22FNO/c1-14(2)8-3-4-9-15(14,11-18)17-13-7-5-6-12(16)10-13/h5-7,10,17-18H,3-4,8-9,11H2,1-2H3. The van der Waals surface area contributed by atoms with Gasteiger partial charge in [0.2, 0.25) is 0 Å². The molecule has 18 heavy (non-hydrogen) atoms. The molecule has 0 radical (unpaired) electrons. The lowest BCUT2D eigenvalue weighted by Gasteiger charge is -2.50. The Kier molecular flexibility index (Phi) is 3.62. The summed E-state index contributed by atoms with van der Waals surface area (Å²) in [6.07, 6.45) is 4.30. The summed E-state index contributed by atoms with van der Waals surface area (Å²) in [7, 11) is 0. The van der Waals surface area contributed by atoms with Crippen molar-refractivity contribution in [3.8, 4) is 0 Å². The maximum Gasteiger partial charge on any atom is 0.125 e. The second-order valence-electron chi connectivity index (χ2n) is 5.97. The average Bonchev–Trinajstić information content (AvgIpc) is 2.32. The molecule has 1 aliphatic carbocycles. The highest BCUT2D eigenvalue weighted by Crippen LogP contribution is 2.45. The third-order valence-corrected chi connectivity index (χ3v) is 4.43. The van der Waals surface area contributed by atoms with Gasteiger partial charge in [0.15, 0.2) is 0 Å². The molecule has 1 aromatic carbocycles. The third-order valence-electron chi connectivity index (χ3n) is 4.43. The van der Waals surface area contributed by atoms with Crippen LogP contribution in [0.3, 0.4) is 0 Å². The molecule has 1 unspecified atom stereocenters. The Labute approximate surface area is 108 Å². The third kappa shape index (κ3) is 2.37. The molecule has 1 atom stereocenters. The first-order valence-electron chi connectivity index (χ1n) is 6.64. The first-order valence-corrected chi connectivity index (χ1v) is 6.64. The summed E-state index contributed by atoms with van der Waals surface area (Å²) in [6.45, 7) is 4.43. The normalized spacial score (nSPS) is 26.9. The van der Waals surface area contributed by atoms with Gasteiger partial charge < -0.3 is 10.4 Å². The number of hydrogen-bond acceptors (Lipinski definition) is 2. The SMILES string of the molecule is CC1(C)CCCCC1(CO)Nc1cccc(F)c1. The van der Waals surface area contributed by atoms with Crippen molar-refractivity contribution in [3.05, 3.63) is 30.1 Å². The molecule has 0 aliphatic heterocycles. The summed E-state index contributed by atoms with van der Waals surface area (Å²) in [4.78, 5) is 0. The second kappa shape index (κ2) is 4.88. The number of aliphatic hydroxyl groups is 1. The molecule has 0 bridgehead atoms. The molecule has 0 spiro atoms. The van der Waals surface area contributed by atoms with Crippen LogP contribution < -0.4 is 5.32 Å². The van der Waals surface area contributed by atoms with Crippen molar-refractivity contribution in [2.45, 2.75) is 45.1 Å². The Morgan fingerprint density at radius 3 is 2.61 bits per heavy atom. The van der Waals surface area contributed by atoms with Crippen molar-refractivity contribution in [1.29, 1.82) is 0 Å². The maximum atomic E-state index is 13.2. The van der Waals surface area contributed by atoms with Crippen LogP contribution in [0.25, 0.3) is 0 Å². The van der Waals surface area contributed by atoms with Gasteiger partial charge in [-0.25, -0.2) is 4.39 Å². The van der Waals surface area contributed by atoms with E-state index in [1.165, 1.54) is 18.6 Å². The van der Waals surface area contributed by atoms with Gasteiger partial charge in [-0.1, -0.05) is 32.8 Å². The smallest absolute Gasteiger partial charge is 0.125 e. The zero-order valence-corrected chi connectivity index (χ0v) is 11.2. The van der Waals surface area contributed by atoms with E-state index in [1.54, 1.807) is 6.07 Å². The van der Waals surface area contributed by atoms with Gasteiger partial charge in [-0.3, -0.25) is 0 Å². The number of halogens is 1. The van der Waals surface area contributed by atoms with Crippen LogP contribution in [-0.2, 0) is 0 Å². The number of aliphatic hydroxyl groups excluding tert-OH is 1. The Balaban J connectivity index is 2.27. The lowest BCUT2D eigenvalue weighted by molar-refractivity contribution is 0.0580. The summed E-state index contributed by atoms with van der Waals surface area (Å²) in [5.41, 5.74) is 0.407. The van der Waals surface area contributed by atoms with Crippen LogP contribution >= 0.6 is 0 Å². The summed E-state index contributed by atoms with van der Waals surface area (Å²) in [6, 6.07) is 6.47. The lowest BCUT2D eigenvalue weighted by Crippen LogP contribution is -2.56. The van der Waals surface area contributed by atoms with Crippen molar-refractivity contribution in [2.75, 3.05) is 11.9 Å². The van der Waals surface area contributed by atoms with Gasteiger partial charge in [0.25, 0.3) is 0 Å². The number of benzene rings is 1. The van der Waals surface area contributed by atoms with Gasteiger partial charge in [0.05, 0.1) is 12.1 Å². The van der Waals surface area contributed by atoms with Crippen LogP contribution in [0.15, 0.2) is 24.3 Å². The molecule has 1 saturated carbocycles. The van der Waals surface area contributed by atoms with Crippen LogP contribution in [0.5, 0.6) is 0 Å². The molecule has 2 nitrogen and oxygen atoms in total. The molecule has 0 saturated heterocycles.